The van der Waals surface area contributed by atoms with Gasteiger partial charge in [0.25, 0.3) is 0 Å². The summed E-state index contributed by atoms with van der Waals surface area (Å²) in [6.07, 6.45) is 10.4. The molecule has 31 heavy (non-hydrogen) atoms. The number of nitrogens with one attached hydrogen (secondary N) is 2. The van der Waals surface area contributed by atoms with Crippen LogP contribution in [0.15, 0.2) is 49.1 Å². The van der Waals surface area contributed by atoms with Crippen LogP contribution in [0.1, 0.15) is 25.7 Å². The Labute approximate surface area is 178 Å². The Morgan fingerprint density at radius 2 is 1.65 bits per heavy atom. The molecule has 10 heteroatoms. The van der Waals surface area contributed by atoms with Gasteiger partial charge < -0.3 is 16.4 Å². The van der Waals surface area contributed by atoms with Crippen LogP contribution in [0.5, 0.6) is 0 Å². The maximum Gasteiger partial charge on any atom is 0.228 e. The van der Waals surface area contributed by atoms with Gasteiger partial charge in [0.2, 0.25) is 5.95 Å². The number of halogens is 1. The quantitative estimate of drug-likeness (QED) is 0.451. The monoisotopic (exact) mass is 419 g/mol. The fraction of sp³-hybridized carbons (Fsp3) is 0.286. The molecule has 158 valence electrons. The van der Waals surface area contributed by atoms with Gasteiger partial charge in [0, 0.05) is 30.0 Å². The lowest BCUT2D eigenvalue weighted by atomic mass is 9.92. The first-order valence-corrected chi connectivity index (χ1v) is 10.2. The lowest BCUT2D eigenvalue weighted by molar-refractivity contribution is 0.410. The third kappa shape index (κ3) is 4.29. The van der Waals surface area contributed by atoms with Crippen LogP contribution in [0, 0.1) is 5.82 Å². The normalized spacial score (nSPS) is 18.8. The molecule has 9 nitrogen and oxygen atoms in total. The second-order valence-corrected chi connectivity index (χ2v) is 7.67. The molecule has 5 rings (SSSR count). The molecule has 0 aromatic carbocycles. The van der Waals surface area contributed by atoms with E-state index in [1.165, 1.54) is 12.1 Å². The molecule has 0 aliphatic heterocycles. The van der Waals surface area contributed by atoms with Gasteiger partial charge in [-0.15, -0.1) is 5.10 Å². The number of fused-ring (bicyclic) bond motifs is 1. The van der Waals surface area contributed by atoms with Gasteiger partial charge in [0.05, 0.1) is 18.1 Å². The van der Waals surface area contributed by atoms with Crippen molar-refractivity contribution in [3.63, 3.8) is 0 Å². The maximum absolute atomic E-state index is 13.0. The van der Waals surface area contributed by atoms with Crippen LogP contribution in [0.3, 0.4) is 0 Å². The average Bonchev–Trinajstić information content (AvgIpc) is 3.21. The molecule has 0 spiro atoms. The highest BCUT2D eigenvalue weighted by atomic mass is 19.1. The van der Waals surface area contributed by atoms with E-state index in [1.54, 1.807) is 23.1 Å². The zero-order chi connectivity index (χ0) is 21.2. The van der Waals surface area contributed by atoms with E-state index in [4.69, 9.17) is 10.8 Å². The zero-order valence-corrected chi connectivity index (χ0v) is 16.7. The molecule has 1 aliphatic rings. The van der Waals surface area contributed by atoms with Gasteiger partial charge in [-0.3, -0.25) is 0 Å². The van der Waals surface area contributed by atoms with Crippen LogP contribution in [-0.4, -0.2) is 41.6 Å². The van der Waals surface area contributed by atoms with Crippen molar-refractivity contribution in [3.05, 3.63) is 54.9 Å². The molecule has 4 N–H and O–H groups in total. The first-order valence-electron chi connectivity index (χ1n) is 10.2. The standard InChI is InChI=1S/C21H22FN9/c22-14-1-6-18(24-11-14)29-21-26-9-13(10-27-21)17-12-25-20-8-7-19(30-31(17)20)28-16-4-2-15(23)3-5-16/h1,6-12,15-16H,2-5,23H2,(H,28,30)(H,24,26,27,29)/t15-,16-. The Kier molecular flexibility index (Phi) is 5.13. The highest BCUT2D eigenvalue weighted by Gasteiger charge is 2.19. The molecule has 1 saturated carbocycles. The summed E-state index contributed by atoms with van der Waals surface area (Å²) in [4.78, 5) is 17.0. The van der Waals surface area contributed by atoms with E-state index in [1.807, 2.05) is 12.1 Å². The second-order valence-electron chi connectivity index (χ2n) is 7.67. The number of nitrogens with two attached hydrogens (primary N) is 1. The Balaban J connectivity index is 1.35. The minimum absolute atomic E-state index is 0.310. The number of hydrogen-bond acceptors (Lipinski definition) is 8. The molecule has 0 unspecified atom stereocenters. The van der Waals surface area contributed by atoms with Crippen LogP contribution in [-0.2, 0) is 0 Å². The predicted octanol–water partition coefficient (Wildman–Crippen LogP) is 3.15. The topological polar surface area (TPSA) is 119 Å². The number of pyridine rings is 1. The van der Waals surface area contributed by atoms with Crippen molar-refractivity contribution >= 4 is 23.2 Å². The summed E-state index contributed by atoms with van der Waals surface area (Å²) in [6, 6.07) is 7.41. The Hall–Kier alpha value is -3.66. The third-order valence-electron chi connectivity index (χ3n) is 5.40. The number of imidazole rings is 1. The van der Waals surface area contributed by atoms with Crippen LogP contribution in [0.25, 0.3) is 16.9 Å². The summed E-state index contributed by atoms with van der Waals surface area (Å²) in [5.74, 6) is 1.23. The van der Waals surface area contributed by atoms with Gasteiger partial charge in [-0.05, 0) is 49.9 Å². The molecule has 0 saturated heterocycles. The van der Waals surface area contributed by atoms with E-state index in [0.29, 0.717) is 23.8 Å². The molecular weight excluding hydrogens is 397 g/mol. The number of anilines is 3. The molecule has 1 fully saturated rings. The third-order valence-corrected chi connectivity index (χ3v) is 5.40. The van der Waals surface area contributed by atoms with E-state index in [0.717, 1.165) is 54.6 Å². The van der Waals surface area contributed by atoms with Crippen LogP contribution in [0.2, 0.25) is 0 Å². The first kappa shape index (κ1) is 19.3. The molecular formula is C21H22FN9. The van der Waals surface area contributed by atoms with Gasteiger partial charge in [0.15, 0.2) is 5.65 Å². The smallest absolute Gasteiger partial charge is 0.228 e. The highest BCUT2D eigenvalue weighted by molar-refractivity contribution is 5.63. The summed E-state index contributed by atoms with van der Waals surface area (Å²) in [6.45, 7) is 0. The minimum atomic E-state index is -0.400. The van der Waals surface area contributed by atoms with Crippen molar-refractivity contribution in [1.82, 2.24) is 29.5 Å². The summed E-state index contributed by atoms with van der Waals surface area (Å²) in [5.41, 5.74) is 8.31. The van der Waals surface area contributed by atoms with Crippen molar-refractivity contribution < 1.29 is 4.39 Å². The van der Waals surface area contributed by atoms with Crippen molar-refractivity contribution in [2.24, 2.45) is 5.73 Å². The number of nitrogens with zero attached hydrogens (tertiary/aromatic N) is 6. The fourth-order valence-corrected chi connectivity index (χ4v) is 3.71. The number of rotatable bonds is 5. The second kappa shape index (κ2) is 8.23. The molecule has 0 bridgehead atoms. The largest absolute Gasteiger partial charge is 0.366 e. The summed E-state index contributed by atoms with van der Waals surface area (Å²) >= 11 is 0. The predicted molar refractivity (Wildman–Crippen MR) is 115 cm³/mol. The van der Waals surface area contributed by atoms with Gasteiger partial charge in [-0.2, -0.15) is 0 Å². The molecule has 4 heterocycles. The van der Waals surface area contributed by atoms with E-state index in [2.05, 4.69) is 30.6 Å². The van der Waals surface area contributed by atoms with E-state index < -0.39 is 5.82 Å². The van der Waals surface area contributed by atoms with E-state index in [9.17, 15) is 4.39 Å². The number of aromatic nitrogens is 6. The maximum atomic E-state index is 13.0. The van der Waals surface area contributed by atoms with Gasteiger partial charge >= 0.3 is 0 Å². The number of hydrogen-bond donors (Lipinski definition) is 3. The molecule has 4 aromatic heterocycles. The van der Waals surface area contributed by atoms with Gasteiger partial charge in [0.1, 0.15) is 17.5 Å². The van der Waals surface area contributed by atoms with Gasteiger partial charge in [-0.1, -0.05) is 0 Å². The molecule has 0 radical (unpaired) electrons. The molecule has 1 aliphatic carbocycles. The fourth-order valence-electron chi connectivity index (χ4n) is 3.71. The van der Waals surface area contributed by atoms with Crippen LogP contribution >= 0.6 is 0 Å². The van der Waals surface area contributed by atoms with E-state index in [-0.39, 0.29) is 0 Å². The summed E-state index contributed by atoms with van der Waals surface area (Å²) in [7, 11) is 0. The minimum Gasteiger partial charge on any atom is -0.366 e. The van der Waals surface area contributed by atoms with Crippen molar-refractivity contribution in [1.29, 1.82) is 0 Å². The zero-order valence-electron chi connectivity index (χ0n) is 16.7. The van der Waals surface area contributed by atoms with Gasteiger partial charge in [-0.25, -0.2) is 28.8 Å². The van der Waals surface area contributed by atoms with Crippen LogP contribution in [0.4, 0.5) is 22.0 Å². The Morgan fingerprint density at radius 3 is 2.39 bits per heavy atom. The lowest BCUT2D eigenvalue weighted by Gasteiger charge is -2.27. The Morgan fingerprint density at radius 1 is 0.871 bits per heavy atom. The molecule has 0 amide bonds. The average molecular weight is 419 g/mol. The Bertz CT molecular complexity index is 1170. The van der Waals surface area contributed by atoms with E-state index >= 15 is 0 Å². The van der Waals surface area contributed by atoms with Crippen LogP contribution < -0.4 is 16.4 Å². The molecule has 4 aromatic rings. The lowest BCUT2D eigenvalue weighted by Crippen LogP contribution is -2.33. The SMILES string of the molecule is N[C@H]1CC[C@H](Nc2ccc3ncc(-c4cnc(Nc5ccc(F)cn5)nc4)n3n2)CC1. The first-order chi connectivity index (χ1) is 15.1. The van der Waals surface area contributed by atoms with Crippen molar-refractivity contribution in [2.75, 3.05) is 10.6 Å². The molecule has 0 atom stereocenters. The summed E-state index contributed by atoms with van der Waals surface area (Å²) in [5, 5.41) is 11.2. The summed E-state index contributed by atoms with van der Waals surface area (Å²) < 4.78 is 14.8. The van der Waals surface area contributed by atoms with Crippen molar-refractivity contribution in [3.8, 4) is 11.3 Å². The van der Waals surface area contributed by atoms with Crippen molar-refractivity contribution in [2.45, 2.75) is 37.8 Å². The highest BCUT2D eigenvalue weighted by Crippen LogP contribution is 2.23.